The number of carbonyl (C=O) groups is 1. The lowest BCUT2D eigenvalue weighted by atomic mass is 10.3. The van der Waals surface area contributed by atoms with Crippen LogP contribution in [0.3, 0.4) is 0 Å². The van der Waals surface area contributed by atoms with Gasteiger partial charge in [-0.05, 0) is 29.7 Å². The standard InChI is InChI=1S/C12H12FN3O2S/c13-8-1-2-9-10(7-8)19-15-11(9)18-12(17)16-5-3-14-4-6-16/h1-2,7,14H,3-6H2. The molecule has 0 bridgehead atoms. The lowest BCUT2D eigenvalue weighted by Crippen LogP contribution is -2.47. The molecule has 1 aromatic heterocycles. The van der Waals surface area contributed by atoms with E-state index in [-0.39, 0.29) is 11.7 Å². The van der Waals surface area contributed by atoms with Crippen molar-refractivity contribution >= 4 is 27.7 Å². The highest BCUT2D eigenvalue weighted by atomic mass is 32.1. The van der Waals surface area contributed by atoms with Gasteiger partial charge in [0, 0.05) is 26.2 Å². The third kappa shape index (κ3) is 2.52. The third-order valence-corrected chi connectivity index (χ3v) is 3.75. The minimum Gasteiger partial charge on any atom is -0.389 e. The highest BCUT2D eigenvalue weighted by Gasteiger charge is 2.20. The number of amides is 1. The molecular weight excluding hydrogens is 269 g/mol. The van der Waals surface area contributed by atoms with Crippen LogP contribution in [0.5, 0.6) is 5.88 Å². The van der Waals surface area contributed by atoms with E-state index in [2.05, 4.69) is 9.69 Å². The van der Waals surface area contributed by atoms with Crippen molar-refractivity contribution in [3.05, 3.63) is 24.0 Å². The first-order valence-electron chi connectivity index (χ1n) is 5.96. The van der Waals surface area contributed by atoms with E-state index in [0.717, 1.165) is 24.6 Å². The Labute approximate surface area is 113 Å². The Morgan fingerprint density at radius 2 is 2.21 bits per heavy atom. The molecule has 1 saturated heterocycles. The van der Waals surface area contributed by atoms with Crippen LogP contribution in [-0.4, -0.2) is 41.5 Å². The van der Waals surface area contributed by atoms with Crippen molar-refractivity contribution in [2.75, 3.05) is 26.2 Å². The van der Waals surface area contributed by atoms with Crippen LogP contribution >= 0.6 is 11.5 Å². The smallest absolute Gasteiger partial charge is 0.389 e. The maximum atomic E-state index is 13.1. The molecule has 1 fully saturated rings. The van der Waals surface area contributed by atoms with Crippen LogP contribution in [0.25, 0.3) is 10.1 Å². The highest BCUT2D eigenvalue weighted by Crippen LogP contribution is 2.29. The normalized spacial score (nSPS) is 15.7. The van der Waals surface area contributed by atoms with Gasteiger partial charge in [0.05, 0.1) is 10.1 Å². The summed E-state index contributed by atoms with van der Waals surface area (Å²) in [6.07, 6.45) is -0.405. The summed E-state index contributed by atoms with van der Waals surface area (Å²) in [5.41, 5.74) is 0. The van der Waals surface area contributed by atoms with Gasteiger partial charge < -0.3 is 15.0 Å². The molecule has 0 unspecified atom stereocenters. The summed E-state index contributed by atoms with van der Waals surface area (Å²) in [5.74, 6) is -0.0698. The molecule has 0 atom stereocenters. The number of fused-ring (bicyclic) bond motifs is 1. The zero-order valence-electron chi connectivity index (χ0n) is 10.1. The first-order chi connectivity index (χ1) is 9.24. The van der Waals surface area contributed by atoms with Crippen LogP contribution in [0.1, 0.15) is 0 Å². The summed E-state index contributed by atoms with van der Waals surface area (Å²) >= 11 is 1.12. The average molecular weight is 281 g/mol. The van der Waals surface area contributed by atoms with Crippen LogP contribution in [0.15, 0.2) is 18.2 Å². The number of hydrogen-bond acceptors (Lipinski definition) is 5. The average Bonchev–Trinajstić information content (AvgIpc) is 2.82. The molecule has 5 nitrogen and oxygen atoms in total. The van der Waals surface area contributed by atoms with Crippen molar-refractivity contribution in [1.82, 2.24) is 14.6 Å². The van der Waals surface area contributed by atoms with Crippen molar-refractivity contribution in [2.45, 2.75) is 0 Å². The predicted molar refractivity (Wildman–Crippen MR) is 70.0 cm³/mol. The first kappa shape index (κ1) is 12.3. The lowest BCUT2D eigenvalue weighted by molar-refractivity contribution is 0.145. The largest absolute Gasteiger partial charge is 0.416 e. The monoisotopic (exact) mass is 281 g/mol. The number of benzene rings is 1. The van der Waals surface area contributed by atoms with Crippen LogP contribution in [0.2, 0.25) is 0 Å². The number of piperazine rings is 1. The minimum absolute atomic E-state index is 0.253. The Bertz CT molecular complexity index is 610. The van der Waals surface area contributed by atoms with Crippen molar-refractivity contribution in [3.63, 3.8) is 0 Å². The van der Waals surface area contributed by atoms with Gasteiger partial charge >= 0.3 is 6.09 Å². The summed E-state index contributed by atoms with van der Waals surface area (Å²) < 4.78 is 23.1. The molecule has 2 aromatic rings. The van der Waals surface area contributed by atoms with Crippen LogP contribution in [0.4, 0.5) is 9.18 Å². The van der Waals surface area contributed by atoms with Gasteiger partial charge in [-0.3, -0.25) is 0 Å². The molecule has 3 rings (SSSR count). The molecule has 2 heterocycles. The van der Waals surface area contributed by atoms with E-state index in [9.17, 15) is 9.18 Å². The van der Waals surface area contributed by atoms with Crippen molar-refractivity contribution in [2.24, 2.45) is 0 Å². The van der Waals surface area contributed by atoms with E-state index in [1.807, 2.05) is 0 Å². The molecule has 7 heteroatoms. The fourth-order valence-corrected chi connectivity index (χ4v) is 2.69. The third-order valence-electron chi connectivity index (χ3n) is 2.96. The van der Waals surface area contributed by atoms with Gasteiger partial charge in [0.2, 0.25) is 5.88 Å². The number of nitrogens with one attached hydrogen (secondary N) is 1. The molecule has 0 spiro atoms. The van der Waals surface area contributed by atoms with Gasteiger partial charge in [-0.15, -0.1) is 0 Å². The SMILES string of the molecule is O=C(Oc1nsc2cc(F)ccc12)N1CCNCC1. The second kappa shape index (κ2) is 5.10. The van der Waals surface area contributed by atoms with E-state index in [0.29, 0.717) is 23.2 Å². The fourth-order valence-electron chi connectivity index (χ4n) is 1.96. The number of halogens is 1. The Morgan fingerprint density at radius 1 is 1.42 bits per heavy atom. The summed E-state index contributed by atoms with van der Waals surface area (Å²) in [6, 6.07) is 4.29. The number of nitrogens with zero attached hydrogens (tertiary/aromatic N) is 2. The molecule has 1 aliphatic rings. The summed E-state index contributed by atoms with van der Waals surface area (Å²) in [4.78, 5) is 13.6. The Hall–Kier alpha value is -1.73. The quantitative estimate of drug-likeness (QED) is 0.866. The summed E-state index contributed by atoms with van der Waals surface area (Å²) in [7, 11) is 0. The van der Waals surface area contributed by atoms with Gasteiger partial charge in [-0.2, -0.15) is 4.37 Å². The zero-order chi connectivity index (χ0) is 13.2. The van der Waals surface area contributed by atoms with E-state index >= 15 is 0 Å². The van der Waals surface area contributed by atoms with Crippen LogP contribution in [0, 0.1) is 5.82 Å². The maximum absolute atomic E-state index is 13.1. The molecule has 0 aliphatic carbocycles. The van der Waals surface area contributed by atoms with E-state index in [1.54, 1.807) is 11.0 Å². The molecule has 0 radical (unpaired) electrons. The Morgan fingerprint density at radius 3 is 3.00 bits per heavy atom. The fraction of sp³-hybridized carbons (Fsp3) is 0.333. The second-order valence-corrected chi connectivity index (χ2v) is 5.04. The summed E-state index contributed by atoms with van der Waals surface area (Å²) in [5, 5.41) is 3.82. The van der Waals surface area contributed by atoms with Crippen molar-refractivity contribution < 1.29 is 13.9 Å². The molecule has 0 saturated carbocycles. The van der Waals surface area contributed by atoms with Gasteiger partial charge in [0.1, 0.15) is 5.82 Å². The first-order valence-corrected chi connectivity index (χ1v) is 6.74. The van der Waals surface area contributed by atoms with Gasteiger partial charge in [0.25, 0.3) is 0 Å². The Kier molecular flexibility index (Phi) is 3.31. The van der Waals surface area contributed by atoms with E-state index in [1.165, 1.54) is 12.1 Å². The van der Waals surface area contributed by atoms with Crippen LogP contribution in [-0.2, 0) is 0 Å². The minimum atomic E-state index is -0.405. The molecule has 19 heavy (non-hydrogen) atoms. The Balaban J connectivity index is 1.79. The topological polar surface area (TPSA) is 54.5 Å². The van der Waals surface area contributed by atoms with E-state index < -0.39 is 6.09 Å². The van der Waals surface area contributed by atoms with Gasteiger partial charge in [-0.25, -0.2) is 9.18 Å². The predicted octanol–water partition coefficient (Wildman–Crippen LogP) is 1.84. The van der Waals surface area contributed by atoms with Crippen molar-refractivity contribution in [3.8, 4) is 5.88 Å². The highest BCUT2D eigenvalue weighted by molar-refractivity contribution is 7.13. The molecule has 1 aliphatic heterocycles. The molecule has 1 amide bonds. The van der Waals surface area contributed by atoms with Gasteiger partial charge in [0.15, 0.2) is 0 Å². The molecular formula is C12H12FN3O2S. The van der Waals surface area contributed by atoms with Crippen molar-refractivity contribution in [1.29, 1.82) is 0 Å². The lowest BCUT2D eigenvalue weighted by Gasteiger charge is -2.25. The van der Waals surface area contributed by atoms with E-state index in [4.69, 9.17) is 4.74 Å². The van der Waals surface area contributed by atoms with Crippen LogP contribution < -0.4 is 10.1 Å². The zero-order valence-corrected chi connectivity index (χ0v) is 10.9. The molecule has 1 aromatic carbocycles. The number of hydrogen-bond donors (Lipinski definition) is 1. The number of ether oxygens (including phenoxy) is 1. The summed E-state index contributed by atoms with van der Waals surface area (Å²) in [6.45, 7) is 2.77. The number of aromatic nitrogens is 1. The second-order valence-electron chi connectivity index (χ2n) is 4.23. The number of carbonyl (C=O) groups excluding carboxylic acids is 1. The maximum Gasteiger partial charge on any atom is 0.416 e. The molecule has 1 N–H and O–H groups in total. The van der Waals surface area contributed by atoms with Gasteiger partial charge in [-0.1, -0.05) is 0 Å². The number of rotatable bonds is 1. The molecule has 100 valence electrons.